The molecular formula is C9H8ClMoN. The number of fused-ring (bicyclic) bond motifs is 1. The topological polar surface area (TPSA) is 12.9 Å². The molecule has 1 aromatic heterocycles. The quantitative estimate of drug-likeness (QED) is 0.665. The Morgan fingerprint density at radius 3 is 2.33 bits per heavy atom. The molecule has 2 rings (SSSR count). The summed E-state index contributed by atoms with van der Waals surface area (Å²) in [5, 5.41) is 1.20. The summed E-state index contributed by atoms with van der Waals surface area (Å²) in [4.78, 5) is 4.18. The molecule has 0 fully saturated rings. The van der Waals surface area contributed by atoms with E-state index in [0.717, 1.165) is 5.52 Å². The molecule has 0 amide bonds. The Morgan fingerprint density at radius 2 is 1.58 bits per heavy atom. The maximum Gasteiger partial charge on any atom is 0.0701 e. The van der Waals surface area contributed by atoms with Crippen LogP contribution in [0.15, 0.2) is 42.6 Å². The van der Waals surface area contributed by atoms with Crippen molar-refractivity contribution >= 4 is 23.3 Å². The monoisotopic (exact) mass is 263 g/mol. The number of benzene rings is 1. The predicted molar refractivity (Wildman–Crippen MR) is 49.0 cm³/mol. The molecular weight excluding hydrogens is 253 g/mol. The Bertz CT molecular complexity index is 286. The van der Waals surface area contributed by atoms with Crippen molar-refractivity contribution in [3.8, 4) is 0 Å². The maximum atomic E-state index is 4.18. The van der Waals surface area contributed by atoms with Crippen LogP contribution in [0, 0.1) is 0 Å². The number of halogens is 1. The largest absolute Gasteiger partial charge is 0.256 e. The molecule has 62 valence electrons. The minimum absolute atomic E-state index is 0. The Labute approximate surface area is 91.9 Å². The Kier molecular flexibility index (Phi) is 5.12. The van der Waals surface area contributed by atoms with Gasteiger partial charge >= 0.3 is 0 Å². The van der Waals surface area contributed by atoms with Gasteiger partial charge in [-0.2, -0.15) is 0 Å². The number of rotatable bonds is 0. The van der Waals surface area contributed by atoms with E-state index in [1.165, 1.54) is 5.39 Å². The van der Waals surface area contributed by atoms with Crippen molar-refractivity contribution < 1.29 is 21.1 Å². The van der Waals surface area contributed by atoms with Crippen LogP contribution in [0.4, 0.5) is 0 Å². The first-order valence-electron chi connectivity index (χ1n) is 3.26. The molecule has 1 aromatic carbocycles. The maximum absolute atomic E-state index is 4.18. The van der Waals surface area contributed by atoms with Gasteiger partial charge < -0.3 is 0 Å². The van der Waals surface area contributed by atoms with Gasteiger partial charge in [0.2, 0.25) is 0 Å². The third-order valence-corrected chi connectivity index (χ3v) is 1.51. The number of hydrogen-bond acceptors (Lipinski definition) is 1. The van der Waals surface area contributed by atoms with Crippen molar-refractivity contribution in [1.29, 1.82) is 0 Å². The van der Waals surface area contributed by atoms with Crippen molar-refractivity contribution in [2.75, 3.05) is 0 Å². The second-order valence-electron chi connectivity index (χ2n) is 2.20. The molecule has 0 radical (unpaired) electrons. The molecule has 0 spiro atoms. The SMILES string of the molecule is Cl.[Mo].c1ccc2ncccc2c1. The zero-order valence-electron chi connectivity index (χ0n) is 6.31. The van der Waals surface area contributed by atoms with Crippen LogP contribution >= 0.6 is 12.4 Å². The normalized spacial score (nSPS) is 8.33. The van der Waals surface area contributed by atoms with Gasteiger partial charge in [0.15, 0.2) is 0 Å². The Balaban J connectivity index is 0.000000605. The van der Waals surface area contributed by atoms with Crippen molar-refractivity contribution in [1.82, 2.24) is 4.98 Å². The van der Waals surface area contributed by atoms with E-state index >= 15 is 0 Å². The van der Waals surface area contributed by atoms with E-state index in [-0.39, 0.29) is 33.5 Å². The van der Waals surface area contributed by atoms with Crippen LogP contribution in [0.5, 0.6) is 0 Å². The van der Waals surface area contributed by atoms with Crippen molar-refractivity contribution in [3.05, 3.63) is 42.6 Å². The van der Waals surface area contributed by atoms with Crippen molar-refractivity contribution in [3.63, 3.8) is 0 Å². The first kappa shape index (κ1) is 11.6. The van der Waals surface area contributed by atoms with Crippen molar-refractivity contribution in [2.45, 2.75) is 0 Å². The average Bonchev–Trinajstić information content (AvgIpc) is 2.05. The average molecular weight is 262 g/mol. The summed E-state index contributed by atoms with van der Waals surface area (Å²) in [7, 11) is 0. The first-order valence-corrected chi connectivity index (χ1v) is 3.26. The fourth-order valence-electron chi connectivity index (χ4n) is 1.02. The van der Waals surface area contributed by atoms with Gasteiger partial charge in [-0.25, -0.2) is 0 Å². The van der Waals surface area contributed by atoms with Crippen LogP contribution in [0.2, 0.25) is 0 Å². The Hall–Kier alpha value is -0.392. The molecule has 1 nitrogen and oxygen atoms in total. The van der Waals surface area contributed by atoms with Crippen LogP contribution in [0.1, 0.15) is 0 Å². The molecule has 0 aliphatic rings. The third-order valence-electron chi connectivity index (χ3n) is 1.51. The number of aromatic nitrogens is 1. The van der Waals surface area contributed by atoms with Gasteiger partial charge in [0.05, 0.1) is 5.52 Å². The molecule has 0 aliphatic carbocycles. The van der Waals surface area contributed by atoms with E-state index in [1.807, 2.05) is 30.5 Å². The summed E-state index contributed by atoms with van der Waals surface area (Å²) in [6.07, 6.45) is 1.81. The van der Waals surface area contributed by atoms with Gasteiger partial charge in [-0.3, -0.25) is 4.98 Å². The van der Waals surface area contributed by atoms with E-state index in [0.29, 0.717) is 0 Å². The first-order chi connectivity index (χ1) is 4.97. The molecule has 12 heavy (non-hydrogen) atoms. The number of nitrogens with zero attached hydrogens (tertiary/aromatic N) is 1. The third kappa shape index (κ3) is 2.30. The summed E-state index contributed by atoms with van der Waals surface area (Å²) in [5.41, 5.74) is 1.06. The van der Waals surface area contributed by atoms with Crippen LogP contribution in [-0.2, 0) is 21.1 Å². The number of hydrogen-bond donors (Lipinski definition) is 0. The molecule has 0 saturated heterocycles. The van der Waals surface area contributed by atoms with Crippen LogP contribution in [0.3, 0.4) is 0 Å². The standard InChI is InChI=1S/C9H7N.ClH.Mo/c1-2-6-9-8(4-1)5-3-7-10-9;;/h1-7H;1H;. The summed E-state index contributed by atoms with van der Waals surface area (Å²) < 4.78 is 0. The van der Waals surface area contributed by atoms with Gasteiger partial charge in [0.1, 0.15) is 0 Å². The molecule has 0 N–H and O–H groups in total. The number of para-hydroxylation sites is 1. The van der Waals surface area contributed by atoms with Crippen LogP contribution < -0.4 is 0 Å². The summed E-state index contributed by atoms with van der Waals surface area (Å²) in [6, 6.07) is 12.1. The van der Waals surface area contributed by atoms with E-state index < -0.39 is 0 Å². The molecule has 3 heteroatoms. The number of pyridine rings is 1. The summed E-state index contributed by atoms with van der Waals surface area (Å²) >= 11 is 0. The summed E-state index contributed by atoms with van der Waals surface area (Å²) in [5.74, 6) is 0. The molecule has 2 aromatic rings. The van der Waals surface area contributed by atoms with Gasteiger partial charge in [0.25, 0.3) is 0 Å². The van der Waals surface area contributed by atoms with Gasteiger partial charge in [-0.05, 0) is 12.1 Å². The Morgan fingerprint density at radius 1 is 0.917 bits per heavy atom. The van der Waals surface area contributed by atoms with E-state index in [1.54, 1.807) is 0 Å². The van der Waals surface area contributed by atoms with Gasteiger partial charge in [0, 0.05) is 32.6 Å². The van der Waals surface area contributed by atoms with E-state index in [2.05, 4.69) is 17.1 Å². The molecule has 0 atom stereocenters. The molecule has 0 bridgehead atoms. The molecule has 0 unspecified atom stereocenters. The van der Waals surface area contributed by atoms with Gasteiger partial charge in [-0.1, -0.05) is 24.3 Å². The molecule has 0 aliphatic heterocycles. The van der Waals surface area contributed by atoms with Crippen LogP contribution in [0.25, 0.3) is 10.9 Å². The van der Waals surface area contributed by atoms with E-state index in [4.69, 9.17) is 0 Å². The van der Waals surface area contributed by atoms with Crippen molar-refractivity contribution in [2.24, 2.45) is 0 Å². The fourth-order valence-corrected chi connectivity index (χ4v) is 1.02. The minimum atomic E-state index is 0. The molecule has 1 heterocycles. The predicted octanol–water partition coefficient (Wildman–Crippen LogP) is 2.65. The minimum Gasteiger partial charge on any atom is -0.256 e. The summed E-state index contributed by atoms with van der Waals surface area (Å²) in [6.45, 7) is 0. The molecule has 0 saturated carbocycles. The zero-order chi connectivity index (χ0) is 6.81. The van der Waals surface area contributed by atoms with Crippen LogP contribution in [-0.4, -0.2) is 4.98 Å². The second kappa shape index (κ2) is 5.29. The second-order valence-corrected chi connectivity index (χ2v) is 2.20. The smallest absolute Gasteiger partial charge is 0.0701 e. The van der Waals surface area contributed by atoms with Gasteiger partial charge in [-0.15, -0.1) is 12.4 Å². The van der Waals surface area contributed by atoms with E-state index in [9.17, 15) is 0 Å². The zero-order valence-corrected chi connectivity index (χ0v) is 9.13. The fraction of sp³-hybridized carbons (Fsp3) is 0.